The number of hydrogen-bond donors (Lipinski definition) is 1. The van der Waals surface area contributed by atoms with Crippen LogP contribution in [-0.4, -0.2) is 38.5 Å². The van der Waals surface area contributed by atoms with E-state index in [1.807, 2.05) is 34.9 Å². The van der Waals surface area contributed by atoms with Crippen LogP contribution >= 0.6 is 23.4 Å². The van der Waals surface area contributed by atoms with E-state index >= 15 is 0 Å². The predicted molar refractivity (Wildman–Crippen MR) is 131 cm³/mol. The molecule has 3 aromatic carbocycles. The summed E-state index contributed by atoms with van der Waals surface area (Å²) < 4.78 is 6.93. The molecule has 0 unspecified atom stereocenters. The first-order valence-electron chi connectivity index (χ1n) is 9.98. The van der Waals surface area contributed by atoms with Crippen molar-refractivity contribution in [1.82, 2.24) is 14.8 Å². The molecule has 1 aromatic heterocycles. The second-order valence-electron chi connectivity index (χ2n) is 6.97. The summed E-state index contributed by atoms with van der Waals surface area (Å²) in [6, 6.07) is 20.5. The number of aromatic nitrogens is 3. The Hall–Kier alpha value is -3.89. The Morgan fingerprint density at radius 1 is 1.12 bits per heavy atom. The van der Waals surface area contributed by atoms with Gasteiger partial charge in [-0.25, -0.2) is 0 Å². The molecule has 11 heteroatoms. The number of thioether (sulfide) groups is 1. The molecule has 0 radical (unpaired) electrons. The number of rotatable bonds is 8. The van der Waals surface area contributed by atoms with E-state index < -0.39 is 4.92 Å². The summed E-state index contributed by atoms with van der Waals surface area (Å²) in [5.41, 5.74) is 1.99. The fraction of sp³-hybridized carbons (Fsp3) is 0.0870. The molecule has 0 saturated heterocycles. The third-order valence-electron chi connectivity index (χ3n) is 4.75. The number of benzene rings is 3. The minimum atomic E-state index is -0.457. The zero-order valence-electron chi connectivity index (χ0n) is 17.8. The number of anilines is 1. The molecule has 0 aliphatic heterocycles. The highest BCUT2D eigenvalue weighted by atomic mass is 35.5. The minimum absolute atomic E-state index is 0.0144. The van der Waals surface area contributed by atoms with Gasteiger partial charge in [-0.2, -0.15) is 0 Å². The fourth-order valence-electron chi connectivity index (χ4n) is 3.16. The van der Waals surface area contributed by atoms with Crippen LogP contribution in [0.2, 0.25) is 5.02 Å². The van der Waals surface area contributed by atoms with Gasteiger partial charge in [0, 0.05) is 29.1 Å². The van der Waals surface area contributed by atoms with Crippen molar-refractivity contribution in [3.05, 3.63) is 87.9 Å². The molecule has 0 aliphatic carbocycles. The van der Waals surface area contributed by atoms with E-state index in [1.165, 1.54) is 31.0 Å². The zero-order chi connectivity index (χ0) is 24.1. The summed E-state index contributed by atoms with van der Waals surface area (Å²) in [6.45, 7) is 0. The van der Waals surface area contributed by atoms with Crippen molar-refractivity contribution in [2.75, 3.05) is 18.2 Å². The first kappa shape index (κ1) is 23.3. The van der Waals surface area contributed by atoms with Gasteiger partial charge in [0.1, 0.15) is 5.75 Å². The Morgan fingerprint density at radius 2 is 1.85 bits per heavy atom. The second kappa shape index (κ2) is 10.4. The lowest BCUT2D eigenvalue weighted by molar-refractivity contribution is -0.384. The van der Waals surface area contributed by atoms with Gasteiger partial charge in [0.05, 0.1) is 22.8 Å². The Labute approximate surface area is 203 Å². The summed E-state index contributed by atoms with van der Waals surface area (Å²) in [5.74, 6) is 0.856. The van der Waals surface area contributed by atoms with E-state index in [1.54, 1.807) is 30.3 Å². The van der Waals surface area contributed by atoms with Crippen LogP contribution in [0.4, 0.5) is 11.4 Å². The maximum Gasteiger partial charge on any atom is 0.269 e. The molecule has 4 rings (SSSR count). The third kappa shape index (κ3) is 5.19. The molecule has 1 heterocycles. The monoisotopic (exact) mass is 495 g/mol. The third-order valence-corrected chi connectivity index (χ3v) is 5.98. The van der Waals surface area contributed by atoms with Crippen molar-refractivity contribution in [3.8, 4) is 22.8 Å². The zero-order valence-corrected chi connectivity index (χ0v) is 19.4. The molecular weight excluding hydrogens is 478 g/mol. The number of non-ortho nitro benzene ring substituents is 1. The van der Waals surface area contributed by atoms with Gasteiger partial charge >= 0.3 is 0 Å². The Morgan fingerprint density at radius 3 is 2.50 bits per heavy atom. The van der Waals surface area contributed by atoms with Gasteiger partial charge in [-0.05, 0) is 42.5 Å². The highest BCUT2D eigenvalue weighted by Gasteiger charge is 2.18. The van der Waals surface area contributed by atoms with Crippen molar-refractivity contribution in [1.29, 1.82) is 0 Å². The Balaban J connectivity index is 1.56. The molecule has 0 bridgehead atoms. The van der Waals surface area contributed by atoms with E-state index in [9.17, 15) is 14.9 Å². The topological polar surface area (TPSA) is 112 Å². The molecule has 0 atom stereocenters. The van der Waals surface area contributed by atoms with Gasteiger partial charge in [-0.15, -0.1) is 10.2 Å². The van der Waals surface area contributed by atoms with Crippen LogP contribution in [-0.2, 0) is 4.79 Å². The standard InChI is InChI=1S/C23H18ClN5O4S/c1-33-20-12-9-16(13-19(20)24)25-21(30)14-34-23-27-26-22(28(23)17-5-3-2-4-6-17)15-7-10-18(11-8-15)29(31)32/h2-13H,14H2,1H3,(H,25,30). The number of hydrogen-bond acceptors (Lipinski definition) is 7. The summed E-state index contributed by atoms with van der Waals surface area (Å²) in [6.07, 6.45) is 0. The van der Waals surface area contributed by atoms with Crippen molar-refractivity contribution >= 4 is 40.6 Å². The number of carbonyl (C=O) groups is 1. The number of halogens is 1. The lowest BCUT2D eigenvalue weighted by atomic mass is 10.2. The number of nitrogens with zero attached hydrogens (tertiary/aromatic N) is 4. The number of nitro benzene ring substituents is 1. The number of nitro groups is 1. The van der Waals surface area contributed by atoms with Crippen molar-refractivity contribution in [3.63, 3.8) is 0 Å². The van der Waals surface area contributed by atoms with E-state index in [4.69, 9.17) is 16.3 Å². The van der Waals surface area contributed by atoms with E-state index in [0.717, 1.165) is 5.69 Å². The number of methoxy groups -OCH3 is 1. The summed E-state index contributed by atoms with van der Waals surface area (Å²) in [7, 11) is 1.52. The lowest BCUT2D eigenvalue weighted by Crippen LogP contribution is -2.14. The van der Waals surface area contributed by atoms with Crippen LogP contribution in [0.1, 0.15) is 0 Å². The summed E-state index contributed by atoms with van der Waals surface area (Å²) in [4.78, 5) is 23.1. The highest BCUT2D eigenvalue weighted by molar-refractivity contribution is 7.99. The molecule has 34 heavy (non-hydrogen) atoms. The van der Waals surface area contributed by atoms with Gasteiger partial charge in [-0.3, -0.25) is 19.5 Å². The molecule has 1 amide bonds. The smallest absolute Gasteiger partial charge is 0.269 e. The van der Waals surface area contributed by atoms with Gasteiger partial charge in [-0.1, -0.05) is 41.6 Å². The van der Waals surface area contributed by atoms with E-state index in [-0.39, 0.29) is 17.3 Å². The molecule has 0 saturated carbocycles. The molecular formula is C23H18ClN5O4S. The maximum absolute atomic E-state index is 12.5. The van der Waals surface area contributed by atoms with Gasteiger partial charge in [0.25, 0.3) is 5.69 Å². The lowest BCUT2D eigenvalue weighted by Gasteiger charge is -2.11. The first-order chi connectivity index (χ1) is 16.5. The first-order valence-corrected chi connectivity index (χ1v) is 11.3. The van der Waals surface area contributed by atoms with Gasteiger partial charge < -0.3 is 10.1 Å². The molecule has 4 aromatic rings. The quantitative estimate of drug-likeness (QED) is 0.202. The largest absolute Gasteiger partial charge is 0.495 e. The van der Waals surface area contributed by atoms with Crippen molar-refractivity contribution in [2.24, 2.45) is 0 Å². The molecule has 0 spiro atoms. The minimum Gasteiger partial charge on any atom is -0.495 e. The number of para-hydroxylation sites is 1. The molecule has 0 fully saturated rings. The number of carbonyl (C=O) groups excluding carboxylic acids is 1. The van der Waals surface area contributed by atoms with Crippen molar-refractivity contribution in [2.45, 2.75) is 5.16 Å². The van der Waals surface area contributed by atoms with Crippen LogP contribution in [0.5, 0.6) is 5.75 Å². The Bertz CT molecular complexity index is 1330. The van der Waals surface area contributed by atoms with Gasteiger partial charge in [0.2, 0.25) is 5.91 Å². The maximum atomic E-state index is 12.5. The van der Waals surface area contributed by atoms with E-state index in [2.05, 4.69) is 15.5 Å². The van der Waals surface area contributed by atoms with Crippen LogP contribution in [0.15, 0.2) is 78.0 Å². The van der Waals surface area contributed by atoms with E-state index in [0.29, 0.717) is 33.0 Å². The number of ether oxygens (including phenoxy) is 1. The van der Waals surface area contributed by atoms with Crippen LogP contribution in [0.3, 0.4) is 0 Å². The highest BCUT2D eigenvalue weighted by Crippen LogP contribution is 2.30. The molecule has 9 nitrogen and oxygen atoms in total. The molecule has 172 valence electrons. The Kier molecular flexibility index (Phi) is 7.09. The SMILES string of the molecule is COc1ccc(NC(=O)CSc2nnc(-c3ccc([N+](=O)[O-])cc3)n2-c2ccccc2)cc1Cl. The fourth-order valence-corrected chi connectivity index (χ4v) is 4.17. The summed E-state index contributed by atoms with van der Waals surface area (Å²) >= 11 is 7.34. The number of amides is 1. The van der Waals surface area contributed by atoms with Crippen molar-refractivity contribution < 1.29 is 14.5 Å². The molecule has 1 N–H and O–H groups in total. The summed E-state index contributed by atoms with van der Waals surface area (Å²) in [5, 5.41) is 23.2. The van der Waals surface area contributed by atoms with Crippen LogP contribution in [0, 0.1) is 10.1 Å². The normalized spacial score (nSPS) is 10.6. The van der Waals surface area contributed by atoms with Crippen LogP contribution < -0.4 is 10.1 Å². The molecule has 0 aliphatic rings. The predicted octanol–water partition coefficient (Wildman–Crippen LogP) is 5.24. The van der Waals surface area contributed by atoms with Crippen LogP contribution in [0.25, 0.3) is 17.1 Å². The average Bonchev–Trinajstić information content (AvgIpc) is 3.27. The second-order valence-corrected chi connectivity index (χ2v) is 8.32. The van der Waals surface area contributed by atoms with Gasteiger partial charge in [0.15, 0.2) is 11.0 Å². The number of nitrogens with one attached hydrogen (secondary N) is 1. The average molecular weight is 496 g/mol.